The number of hydrogen-bond acceptors (Lipinski definition) is 3. The SMILES string of the molecule is CCc1nccn1C1CCCN(C(=O)/C(C#N)=C/c2cc(C)n(CC(C)C)c2C)C1. The molecule has 2 aromatic heterocycles. The molecule has 6 heteroatoms. The molecule has 1 fully saturated rings. The number of aryl methyl sites for hydroxylation is 2. The first kappa shape index (κ1) is 21.9. The van der Waals surface area contributed by atoms with Gasteiger partial charge in [0.15, 0.2) is 0 Å². The fourth-order valence-electron chi connectivity index (χ4n) is 4.40. The van der Waals surface area contributed by atoms with Crippen molar-refractivity contribution in [1.29, 1.82) is 5.26 Å². The van der Waals surface area contributed by atoms with Gasteiger partial charge in [0.25, 0.3) is 5.91 Å². The van der Waals surface area contributed by atoms with Crippen LogP contribution in [0.25, 0.3) is 6.08 Å². The Morgan fingerprint density at radius 3 is 2.83 bits per heavy atom. The number of carbonyl (C=O) groups excluding carboxylic acids is 1. The smallest absolute Gasteiger partial charge is 0.264 e. The number of carbonyl (C=O) groups is 1. The molecule has 0 bridgehead atoms. The molecule has 2 aromatic rings. The van der Waals surface area contributed by atoms with E-state index >= 15 is 0 Å². The lowest BCUT2D eigenvalue weighted by Gasteiger charge is -2.34. The fourth-order valence-corrected chi connectivity index (χ4v) is 4.40. The van der Waals surface area contributed by atoms with Crippen LogP contribution in [0.3, 0.4) is 0 Å². The van der Waals surface area contributed by atoms with Gasteiger partial charge < -0.3 is 14.0 Å². The topological polar surface area (TPSA) is 66.8 Å². The highest BCUT2D eigenvalue weighted by molar-refractivity contribution is 6.01. The summed E-state index contributed by atoms with van der Waals surface area (Å²) in [5, 5.41) is 9.75. The summed E-state index contributed by atoms with van der Waals surface area (Å²) < 4.78 is 4.45. The molecule has 1 unspecified atom stereocenters. The highest BCUT2D eigenvalue weighted by Crippen LogP contribution is 2.25. The summed E-state index contributed by atoms with van der Waals surface area (Å²) in [6, 6.07) is 4.45. The third kappa shape index (κ3) is 4.51. The van der Waals surface area contributed by atoms with Crippen molar-refractivity contribution >= 4 is 12.0 Å². The number of piperidine rings is 1. The van der Waals surface area contributed by atoms with Gasteiger partial charge in [-0.15, -0.1) is 0 Å². The molecule has 1 atom stereocenters. The molecule has 0 aliphatic carbocycles. The highest BCUT2D eigenvalue weighted by atomic mass is 16.2. The van der Waals surface area contributed by atoms with E-state index in [1.807, 2.05) is 17.3 Å². The Bertz CT molecular complexity index is 972. The Labute approximate surface area is 179 Å². The largest absolute Gasteiger partial charge is 0.348 e. The van der Waals surface area contributed by atoms with Crippen LogP contribution in [0.5, 0.6) is 0 Å². The average Bonchev–Trinajstić information content (AvgIpc) is 3.31. The molecule has 160 valence electrons. The average molecular weight is 408 g/mol. The minimum atomic E-state index is -0.172. The molecule has 3 heterocycles. The number of aromatic nitrogens is 3. The Morgan fingerprint density at radius 1 is 1.40 bits per heavy atom. The van der Waals surface area contributed by atoms with Gasteiger partial charge >= 0.3 is 0 Å². The van der Waals surface area contributed by atoms with Crippen molar-refractivity contribution < 1.29 is 4.79 Å². The van der Waals surface area contributed by atoms with E-state index < -0.39 is 0 Å². The van der Waals surface area contributed by atoms with Crippen molar-refractivity contribution in [2.45, 2.75) is 66.5 Å². The van der Waals surface area contributed by atoms with Gasteiger partial charge in [-0.1, -0.05) is 20.8 Å². The van der Waals surface area contributed by atoms with E-state index in [-0.39, 0.29) is 17.5 Å². The number of rotatable bonds is 6. The third-order valence-corrected chi connectivity index (χ3v) is 5.95. The number of imidazole rings is 1. The molecule has 0 spiro atoms. The maximum absolute atomic E-state index is 13.2. The van der Waals surface area contributed by atoms with Gasteiger partial charge in [-0.3, -0.25) is 4.79 Å². The van der Waals surface area contributed by atoms with Gasteiger partial charge in [0.05, 0.1) is 6.04 Å². The molecule has 0 aromatic carbocycles. The fraction of sp³-hybridized carbons (Fsp3) is 0.542. The van der Waals surface area contributed by atoms with Crippen molar-refractivity contribution in [2.24, 2.45) is 5.92 Å². The predicted octanol–water partition coefficient (Wildman–Crippen LogP) is 4.29. The van der Waals surface area contributed by atoms with Gasteiger partial charge in [-0.2, -0.15) is 5.26 Å². The van der Waals surface area contributed by atoms with Crippen LogP contribution in [0.1, 0.15) is 62.4 Å². The normalized spacial score (nSPS) is 17.4. The number of hydrogen-bond donors (Lipinski definition) is 0. The van der Waals surface area contributed by atoms with Gasteiger partial charge in [-0.25, -0.2) is 4.98 Å². The summed E-state index contributed by atoms with van der Waals surface area (Å²) in [6.45, 7) is 12.8. The third-order valence-electron chi connectivity index (χ3n) is 5.95. The van der Waals surface area contributed by atoms with E-state index in [1.54, 1.807) is 6.08 Å². The van der Waals surface area contributed by atoms with Crippen molar-refractivity contribution in [2.75, 3.05) is 13.1 Å². The van der Waals surface area contributed by atoms with Crippen LogP contribution >= 0.6 is 0 Å². The Morgan fingerprint density at radius 2 is 2.17 bits per heavy atom. The second-order valence-corrected chi connectivity index (χ2v) is 8.65. The molecule has 1 saturated heterocycles. The molecule has 1 aliphatic heterocycles. The Kier molecular flexibility index (Phi) is 6.81. The van der Waals surface area contributed by atoms with Crippen LogP contribution in [-0.4, -0.2) is 38.0 Å². The van der Waals surface area contributed by atoms with Crippen LogP contribution in [0.2, 0.25) is 0 Å². The van der Waals surface area contributed by atoms with E-state index in [9.17, 15) is 10.1 Å². The molecule has 3 rings (SSSR count). The van der Waals surface area contributed by atoms with Crippen molar-refractivity contribution in [3.05, 3.63) is 46.8 Å². The molecule has 0 N–H and O–H groups in total. The summed E-state index contributed by atoms with van der Waals surface area (Å²) in [5.74, 6) is 1.40. The maximum atomic E-state index is 13.2. The number of nitrogens with zero attached hydrogens (tertiary/aromatic N) is 5. The van der Waals surface area contributed by atoms with Crippen molar-refractivity contribution in [3.8, 4) is 6.07 Å². The minimum Gasteiger partial charge on any atom is -0.348 e. The lowest BCUT2D eigenvalue weighted by Crippen LogP contribution is -2.41. The zero-order valence-corrected chi connectivity index (χ0v) is 18.9. The number of amides is 1. The van der Waals surface area contributed by atoms with Crippen LogP contribution in [0.4, 0.5) is 0 Å². The molecule has 0 radical (unpaired) electrons. The summed E-state index contributed by atoms with van der Waals surface area (Å²) in [7, 11) is 0. The van der Waals surface area contributed by atoms with Crippen molar-refractivity contribution in [1.82, 2.24) is 19.0 Å². The predicted molar refractivity (Wildman–Crippen MR) is 119 cm³/mol. The van der Waals surface area contributed by atoms with E-state index in [2.05, 4.69) is 60.9 Å². The number of nitriles is 1. The van der Waals surface area contributed by atoms with Crippen LogP contribution < -0.4 is 0 Å². The highest BCUT2D eigenvalue weighted by Gasteiger charge is 2.27. The monoisotopic (exact) mass is 407 g/mol. The molecule has 0 saturated carbocycles. The van der Waals surface area contributed by atoms with Gasteiger partial charge in [0, 0.05) is 49.8 Å². The molecule has 6 nitrogen and oxygen atoms in total. The van der Waals surface area contributed by atoms with Gasteiger partial charge in [0.1, 0.15) is 17.5 Å². The van der Waals surface area contributed by atoms with Gasteiger partial charge in [0.2, 0.25) is 0 Å². The first-order valence-electron chi connectivity index (χ1n) is 10.9. The second-order valence-electron chi connectivity index (χ2n) is 8.65. The Balaban J connectivity index is 1.82. The first-order valence-corrected chi connectivity index (χ1v) is 10.9. The summed E-state index contributed by atoms with van der Waals surface area (Å²) >= 11 is 0. The van der Waals surface area contributed by atoms with Gasteiger partial charge in [-0.05, 0) is 50.3 Å². The lowest BCUT2D eigenvalue weighted by atomic mass is 10.0. The first-order chi connectivity index (χ1) is 14.3. The molecular weight excluding hydrogens is 374 g/mol. The van der Waals surface area contributed by atoms with Crippen LogP contribution in [0.15, 0.2) is 24.0 Å². The zero-order valence-electron chi connectivity index (χ0n) is 18.9. The summed E-state index contributed by atoms with van der Waals surface area (Å²) in [4.78, 5) is 19.4. The van der Waals surface area contributed by atoms with E-state index in [1.165, 1.54) is 0 Å². The zero-order chi connectivity index (χ0) is 21.8. The van der Waals surface area contributed by atoms with E-state index in [4.69, 9.17) is 0 Å². The standard InChI is InChI=1S/C24H33N5O/c1-6-23-26-9-11-28(23)22-8-7-10-27(16-22)24(30)21(14-25)13-20-12-18(4)29(19(20)5)15-17(2)3/h9,11-13,17,22H,6-8,10,15-16H2,1-5H3/b21-13+. The quantitative estimate of drug-likeness (QED) is 0.530. The summed E-state index contributed by atoms with van der Waals surface area (Å²) in [5.41, 5.74) is 3.42. The maximum Gasteiger partial charge on any atom is 0.264 e. The molecule has 1 amide bonds. The minimum absolute atomic E-state index is 0.172. The van der Waals surface area contributed by atoms with Crippen LogP contribution in [0, 0.1) is 31.1 Å². The molecule has 1 aliphatic rings. The van der Waals surface area contributed by atoms with E-state index in [0.717, 1.165) is 48.6 Å². The molecular formula is C24H33N5O. The van der Waals surface area contributed by atoms with Crippen molar-refractivity contribution in [3.63, 3.8) is 0 Å². The lowest BCUT2D eigenvalue weighted by molar-refractivity contribution is -0.128. The molecule has 30 heavy (non-hydrogen) atoms. The Hall–Kier alpha value is -2.81. The summed E-state index contributed by atoms with van der Waals surface area (Å²) in [6.07, 6.45) is 8.41. The number of likely N-dealkylation sites (tertiary alicyclic amines) is 1. The van der Waals surface area contributed by atoms with Crippen LogP contribution in [-0.2, 0) is 17.8 Å². The van der Waals surface area contributed by atoms with E-state index in [0.29, 0.717) is 19.0 Å². The second kappa shape index (κ2) is 9.34.